The Balaban J connectivity index is 1.57. The SMILES string of the molecule is CS(=O)(=O)c1ccc(Oc2ccc(F)cc2)c(C(=O)N2CCN(c3ccc(C#N)cc3F)CC2)c1. The molecule has 180 valence electrons. The summed E-state index contributed by atoms with van der Waals surface area (Å²) >= 11 is 0. The number of hydrogen-bond acceptors (Lipinski definition) is 6. The van der Waals surface area contributed by atoms with Crippen molar-refractivity contribution in [3.63, 3.8) is 0 Å². The van der Waals surface area contributed by atoms with Gasteiger partial charge in [0.25, 0.3) is 5.91 Å². The lowest BCUT2D eigenvalue weighted by Gasteiger charge is -2.36. The van der Waals surface area contributed by atoms with Gasteiger partial charge in [0.05, 0.1) is 27.8 Å². The number of nitriles is 1. The van der Waals surface area contributed by atoms with E-state index in [9.17, 15) is 22.0 Å². The van der Waals surface area contributed by atoms with E-state index in [2.05, 4.69) is 0 Å². The van der Waals surface area contributed by atoms with Crippen molar-refractivity contribution in [1.29, 1.82) is 5.26 Å². The van der Waals surface area contributed by atoms with Gasteiger partial charge < -0.3 is 14.5 Å². The molecule has 0 spiro atoms. The Kier molecular flexibility index (Phi) is 6.71. The van der Waals surface area contributed by atoms with Crippen molar-refractivity contribution >= 4 is 21.4 Å². The molecule has 0 N–H and O–H groups in total. The lowest BCUT2D eigenvalue weighted by molar-refractivity contribution is 0.0743. The first kappa shape index (κ1) is 24.2. The van der Waals surface area contributed by atoms with E-state index < -0.39 is 27.4 Å². The molecule has 10 heteroatoms. The van der Waals surface area contributed by atoms with Crippen LogP contribution in [0.3, 0.4) is 0 Å². The van der Waals surface area contributed by atoms with E-state index in [4.69, 9.17) is 10.00 Å². The molecule has 1 fully saturated rings. The molecule has 0 bridgehead atoms. The van der Waals surface area contributed by atoms with Crippen LogP contribution in [0.4, 0.5) is 14.5 Å². The molecular weight excluding hydrogens is 476 g/mol. The first-order valence-electron chi connectivity index (χ1n) is 10.7. The summed E-state index contributed by atoms with van der Waals surface area (Å²) in [4.78, 5) is 16.7. The second-order valence-electron chi connectivity index (χ2n) is 8.04. The molecular formula is C25H21F2N3O4S. The van der Waals surface area contributed by atoms with Gasteiger partial charge in [-0.3, -0.25) is 4.79 Å². The molecule has 0 aromatic heterocycles. The summed E-state index contributed by atoms with van der Waals surface area (Å²) in [5, 5.41) is 8.93. The van der Waals surface area contributed by atoms with Crippen LogP contribution in [0.25, 0.3) is 0 Å². The van der Waals surface area contributed by atoms with Crippen LogP contribution in [0.15, 0.2) is 65.6 Å². The maximum Gasteiger partial charge on any atom is 0.257 e. The molecule has 4 rings (SSSR count). The lowest BCUT2D eigenvalue weighted by Crippen LogP contribution is -2.49. The minimum atomic E-state index is -3.59. The summed E-state index contributed by atoms with van der Waals surface area (Å²) in [6, 6.07) is 15.4. The molecule has 1 aliphatic rings. The monoisotopic (exact) mass is 497 g/mol. The van der Waals surface area contributed by atoms with Crippen LogP contribution < -0.4 is 9.64 Å². The van der Waals surface area contributed by atoms with Crippen LogP contribution in [0, 0.1) is 23.0 Å². The van der Waals surface area contributed by atoms with Crippen LogP contribution in [0.2, 0.25) is 0 Å². The number of hydrogen-bond donors (Lipinski definition) is 0. The smallest absolute Gasteiger partial charge is 0.257 e. The molecule has 3 aromatic rings. The number of sulfone groups is 1. The summed E-state index contributed by atoms with van der Waals surface area (Å²) < 4.78 is 57.6. The molecule has 1 aliphatic heterocycles. The molecule has 1 saturated heterocycles. The van der Waals surface area contributed by atoms with Gasteiger partial charge in [-0.2, -0.15) is 5.26 Å². The lowest BCUT2D eigenvalue weighted by atomic mass is 10.1. The largest absolute Gasteiger partial charge is 0.457 e. The van der Waals surface area contributed by atoms with Crippen molar-refractivity contribution in [3.8, 4) is 17.6 Å². The molecule has 0 radical (unpaired) electrons. The van der Waals surface area contributed by atoms with Crippen LogP contribution in [-0.4, -0.2) is 51.7 Å². The number of amides is 1. The Hall–Kier alpha value is -3.97. The molecule has 0 saturated carbocycles. The molecule has 3 aromatic carbocycles. The van der Waals surface area contributed by atoms with Crippen molar-refractivity contribution in [3.05, 3.63) is 83.4 Å². The van der Waals surface area contributed by atoms with Crippen molar-refractivity contribution in [2.75, 3.05) is 37.3 Å². The Morgan fingerprint density at radius 2 is 1.66 bits per heavy atom. The van der Waals surface area contributed by atoms with E-state index in [-0.39, 0.29) is 40.6 Å². The normalized spacial score (nSPS) is 13.9. The Bertz CT molecular complexity index is 1410. The van der Waals surface area contributed by atoms with Crippen LogP contribution in [0.1, 0.15) is 15.9 Å². The highest BCUT2D eigenvalue weighted by Crippen LogP contribution is 2.30. The minimum Gasteiger partial charge on any atom is -0.457 e. The average molecular weight is 498 g/mol. The molecule has 7 nitrogen and oxygen atoms in total. The maximum absolute atomic E-state index is 14.4. The highest BCUT2D eigenvalue weighted by atomic mass is 32.2. The van der Waals surface area contributed by atoms with Gasteiger partial charge in [-0.05, 0) is 60.7 Å². The van der Waals surface area contributed by atoms with Gasteiger partial charge in [0, 0.05) is 32.4 Å². The summed E-state index contributed by atoms with van der Waals surface area (Å²) in [6.07, 6.45) is 1.04. The van der Waals surface area contributed by atoms with E-state index >= 15 is 0 Å². The fourth-order valence-corrected chi connectivity index (χ4v) is 4.43. The molecule has 35 heavy (non-hydrogen) atoms. The Morgan fingerprint density at radius 3 is 2.26 bits per heavy atom. The van der Waals surface area contributed by atoms with Crippen molar-refractivity contribution < 1.29 is 26.7 Å². The molecule has 0 aliphatic carbocycles. The first-order valence-corrected chi connectivity index (χ1v) is 12.6. The third-order valence-corrected chi connectivity index (χ3v) is 6.75. The number of benzene rings is 3. The van der Waals surface area contributed by atoms with E-state index in [0.717, 1.165) is 6.26 Å². The van der Waals surface area contributed by atoms with Crippen molar-refractivity contribution in [1.82, 2.24) is 4.90 Å². The zero-order valence-corrected chi connectivity index (χ0v) is 19.6. The predicted molar refractivity (Wildman–Crippen MR) is 125 cm³/mol. The highest BCUT2D eigenvalue weighted by molar-refractivity contribution is 7.90. The van der Waals surface area contributed by atoms with Gasteiger partial charge in [-0.15, -0.1) is 0 Å². The fraction of sp³-hybridized carbons (Fsp3) is 0.200. The number of halogens is 2. The van der Waals surface area contributed by atoms with E-state index in [1.54, 1.807) is 4.90 Å². The summed E-state index contributed by atoms with van der Waals surface area (Å²) in [7, 11) is -3.59. The molecule has 1 amide bonds. The van der Waals surface area contributed by atoms with Crippen LogP contribution >= 0.6 is 0 Å². The molecule has 1 heterocycles. The second-order valence-corrected chi connectivity index (χ2v) is 10.1. The number of ether oxygens (including phenoxy) is 1. The summed E-state index contributed by atoms with van der Waals surface area (Å²) in [6.45, 7) is 1.21. The van der Waals surface area contributed by atoms with Gasteiger partial charge in [0.1, 0.15) is 23.1 Å². The maximum atomic E-state index is 14.4. The van der Waals surface area contributed by atoms with E-state index in [1.165, 1.54) is 65.6 Å². The number of anilines is 1. The van der Waals surface area contributed by atoms with E-state index in [1.807, 2.05) is 6.07 Å². The number of nitrogens with zero attached hydrogens (tertiary/aromatic N) is 3. The third-order valence-electron chi connectivity index (χ3n) is 5.64. The van der Waals surface area contributed by atoms with Crippen LogP contribution in [-0.2, 0) is 9.84 Å². The number of rotatable bonds is 5. The van der Waals surface area contributed by atoms with Crippen molar-refractivity contribution in [2.45, 2.75) is 4.90 Å². The predicted octanol–water partition coefficient (Wildman–Crippen LogP) is 3.99. The minimum absolute atomic E-state index is 0.0365. The average Bonchev–Trinajstić information content (AvgIpc) is 2.84. The fourth-order valence-electron chi connectivity index (χ4n) is 3.78. The Morgan fingerprint density at radius 1 is 0.971 bits per heavy atom. The number of carbonyl (C=O) groups excluding carboxylic acids is 1. The van der Waals surface area contributed by atoms with Crippen LogP contribution in [0.5, 0.6) is 11.5 Å². The van der Waals surface area contributed by atoms with Gasteiger partial charge in [0.15, 0.2) is 9.84 Å². The van der Waals surface area contributed by atoms with E-state index in [0.29, 0.717) is 18.8 Å². The third kappa shape index (κ3) is 5.41. The number of carbonyl (C=O) groups is 1. The molecule has 0 atom stereocenters. The topological polar surface area (TPSA) is 90.7 Å². The molecule has 0 unspecified atom stereocenters. The Labute approximate surface area is 201 Å². The first-order chi connectivity index (χ1) is 16.7. The zero-order valence-electron chi connectivity index (χ0n) is 18.7. The van der Waals surface area contributed by atoms with Gasteiger partial charge in [0.2, 0.25) is 0 Å². The number of piperazine rings is 1. The van der Waals surface area contributed by atoms with Gasteiger partial charge >= 0.3 is 0 Å². The summed E-state index contributed by atoms with van der Waals surface area (Å²) in [5.41, 5.74) is 0.616. The van der Waals surface area contributed by atoms with Crippen molar-refractivity contribution in [2.24, 2.45) is 0 Å². The van der Waals surface area contributed by atoms with Gasteiger partial charge in [-0.25, -0.2) is 17.2 Å². The quantitative estimate of drug-likeness (QED) is 0.529. The standard InChI is InChI=1S/C25H21F2N3O4S/c1-35(32,33)20-7-9-24(34-19-5-3-18(26)4-6-19)21(15-20)25(31)30-12-10-29(11-13-30)23-8-2-17(16-28)14-22(23)27/h2-9,14-15H,10-13H2,1H3. The second kappa shape index (κ2) is 9.72. The van der Waals surface area contributed by atoms with Gasteiger partial charge in [-0.1, -0.05) is 0 Å². The zero-order chi connectivity index (χ0) is 25.2. The summed E-state index contributed by atoms with van der Waals surface area (Å²) in [5.74, 6) is -0.979. The highest BCUT2D eigenvalue weighted by Gasteiger charge is 2.27.